The molecule has 6 nitrogen and oxygen atoms in total. The van der Waals surface area contributed by atoms with Crippen LogP contribution in [-0.4, -0.2) is 33.0 Å². The van der Waals surface area contributed by atoms with Crippen molar-refractivity contribution in [3.8, 4) is 0 Å². The number of amides is 1. The second-order valence-corrected chi connectivity index (χ2v) is 5.00. The van der Waals surface area contributed by atoms with Gasteiger partial charge in [-0.15, -0.1) is 0 Å². The van der Waals surface area contributed by atoms with Crippen LogP contribution in [0.2, 0.25) is 5.28 Å². The quantitative estimate of drug-likeness (QED) is 0.803. The molecule has 0 saturated heterocycles. The molecular formula is C12H16ClN3O3. The number of carbonyl (C=O) groups is 2. The van der Waals surface area contributed by atoms with Crippen molar-refractivity contribution in [1.82, 2.24) is 15.3 Å². The van der Waals surface area contributed by atoms with E-state index >= 15 is 0 Å². The number of carboxylic acids is 1. The van der Waals surface area contributed by atoms with Gasteiger partial charge in [-0.3, -0.25) is 4.79 Å². The van der Waals surface area contributed by atoms with Crippen LogP contribution < -0.4 is 5.32 Å². The smallest absolute Gasteiger partial charge is 0.326 e. The summed E-state index contributed by atoms with van der Waals surface area (Å²) in [7, 11) is 0. The van der Waals surface area contributed by atoms with Crippen LogP contribution in [0.25, 0.3) is 0 Å². The van der Waals surface area contributed by atoms with Crippen LogP contribution in [0.3, 0.4) is 0 Å². The van der Waals surface area contributed by atoms with Gasteiger partial charge in [0.15, 0.2) is 0 Å². The summed E-state index contributed by atoms with van der Waals surface area (Å²) in [5, 5.41) is 11.4. The molecule has 104 valence electrons. The molecule has 0 fully saturated rings. The van der Waals surface area contributed by atoms with Gasteiger partial charge in [0.1, 0.15) is 11.7 Å². The van der Waals surface area contributed by atoms with Gasteiger partial charge >= 0.3 is 5.97 Å². The first-order valence-corrected chi connectivity index (χ1v) is 6.22. The number of aliphatic carboxylic acids is 1. The first kappa shape index (κ1) is 15.4. The molecule has 0 unspecified atom stereocenters. The summed E-state index contributed by atoms with van der Waals surface area (Å²) in [6.45, 7) is 5.44. The molecule has 0 saturated carbocycles. The molecule has 1 amide bonds. The third kappa shape index (κ3) is 4.82. The lowest BCUT2D eigenvalue weighted by molar-refractivity contribution is -0.139. The van der Waals surface area contributed by atoms with Crippen LogP contribution in [0.15, 0.2) is 6.07 Å². The van der Waals surface area contributed by atoms with Crippen molar-refractivity contribution in [2.24, 2.45) is 5.92 Å². The molecule has 0 aliphatic carbocycles. The third-order valence-corrected chi connectivity index (χ3v) is 2.54. The van der Waals surface area contributed by atoms with Gasteiger partial charge in [-0.1, -0.05) is 13.8 Å². The molecule has 0 aliphatic heterocycles. The zero-order chi connectivity index (χ0) is 14.6. The first-order chi connectivity index (χ1) is 8.79. The normalized spacial score (nSPS) is 12.3. The van der Waals surface area contributed by atoms with Gasteiger partial charge in [0.2, 0.25) is 5.28 Å². The highest BCUT2D eigenvalue weighted by molar-refractivity contribution is 6.28. The standard InChI is InChI=1S/C12H16ClN3O3/c1-6(2)4-9(11(18)19)15-10(17)8-5-7(3)14-12(13)16-8/h5-6,9H,4H2,1-3H3,(H,15,17)(H,18,19)/t9-/m1/s1. The van der Waals surface area contributed by atoms with Crippen molar-refractivity contribution in [2.75, 3.05) is 0 Å². The fourth-order valence-electron chi connectivity index (χ4n) is 1.57. The Labute approximate surface area is 116 Å². The van der Waals surface area contributed by atoms with Crippen LogP contribution in [-0.2, 0) is 4.79 Å². The number of aromatic nitrogens is 2. The largest absolute Gasteiger partial charge is 0.480 e. The lowest BCUT2D eigenvalue weighted by atomic mass is 10.0. The predicted molar refractivity (Wildman–Crippen MR) is 70.1 cm³/mol. The van der Waals surface area contributed by atoms with Crippen molar-refractivity contribution in [1.29, 1.82) is 0 Å². The van der Waals surface area contributed by atoms with Crippen LogP contribution in [0.1, 0.15) is 36.5 Å². The number of nitrogens with one attached hydrogen (secondary N) is 1. The number of aryl methyl sites for hydroxylation is 1. The van der Waals surface area contributed by atoms with E-state index in [1.165, 1.54) is 6.07 Å². The minimum absolute atomic E-state index is 0.0408. The van der Waals surface area contributed by atoms with E-state index in [-0.39, 0.29) is 16.9 Å². The van der Waals surface area contributed by atoms with E-state index in [9.17, 15) is 9.59 Å². The SMILES string of the molecule is Cc1cc(C(=O)N[C@H](CC(C)C)C(=O)O)nc(Cl)n1. The Bertz CT molecular complexity index is 471. The van der Waals surface area contributed by atoms with E-state index in [1.807, 2.05) is 13.8 Å². The molecule has 0 aliphatic rings. The monoisotopic (exact) mass is 285 g/mol. The molecular weight excluding hydrogens is 270 g/mol. The molecule has 0 aromatic carbocycles. The first-order valence-electron chi connectivity index (χ1n) is 5.84. The Kier molecular flexibility index (Phi) is 5.23. The molecule has 1 rings (SSSR count). The van der Waals surface area contributed by atoms with Gasteiger partial charge in [-0.25, -0.2) is 14.8 Å². The van der Waals surface area contributed by atoms with Crippen molar-refractivity contribution >= 4 is 23.5 Å². The van der Waals surface area contributed by atoms with Gasteiger partial charge in [0.05, 0.1) is 0 Å². The molecule has 19 heavy (non-hydrogen) atoms. The minimum atomic E-state index is -1.07. The van der Waals surface area contributed by atoms with E-state index in [0.717, 1.165) is 0 Å². The average Bonchev–Trinajstić information content (AvgIpc) is 2.25. The van der Waals surface area contributed by atoms with Gasteiger partial charge < -0.3 is 10.4 Å². The van der Waals surface area contributed by atoms with Gasteiger partial charge in [-0.05, 0) is 36.9 Å². The lowest BCUT2D eigenvalue weighted by Gasteiger charge is -2.16. The second-order valence-electron chi connectivity index (χ2n) is 4.66. The van der Waals surface area contributed by atoms with Crippen molar-refractivity contribution in [3.05, 3.63) is 22.7 Å². The number of hydrogen-bond donors (Lipinski definition) is 2. The van der Waals surface area contributed by atoms with Crippen molar-refractivity contribution < 1.29 is 14.7 Å². The van der Waals surface area contributed by atoms with Gasteiger partial charge in [-0.2, -0.15) is 0 Å². The molecule has 1 aromatic rings. The van der Waals surface area contributed by atoms with Crippen molar-refractivity contribution in [3.63, 3.8) is 0 Å². The van der Waals surface area contributed by atoms with Crippen LogP contribution in [0, 0.1) is 12.8 Å². The highest BCUT2D eigenvalue weighted by atomic mass is 35.5. The van der Waals surface area contributed by atoms with E-state index < -0.39 is 17.9 Å². The summed E-state index contributed by atoms with van der Waals surface area (Å²) in [6, 6.07) is 0.511. The number of carbonyl (C=O) groups excluding carboxylic acids is 1. The third-order valence-electron chi connectivity index (χ3n) is 2.37. The van der Waals surface area contributed by atoms with E-state index in [2.05, 4.69) is 15.3 Å². The Balaban J connectivity index is 2.84. The maximum atomic E-state index is 11.9. The highest BCUT2D eigenvalue weighted by Crippen LogP contribution is 2.08. The molecule has 1 aromatic heterocycles. The topological polar surface area (TPSA) is 92.2 Å². The van der Waals surface area contributed by atoms with E-state index in [0.29, 0.717) is 12.1 Å². The molecule has 0 radical (unpaired) electrons. The van der Waals surface area contributed by atoms with Crippen LogP contribution >= 0.6 is 11.6 Å². The molecule has 7 heteroatoms. The number of rotatable bonds is 5. The van der Waals surface area contributed by atoms with E-state index in [1.54, 1.807) is 6.92 Å². The molecule has 0 spiro atoms. The van der Waals surface area contributed by atoms with Gasteiger partial charge in [0, 0.05) is 5.69 Å². The van der Waals surface area contributed by atoms with E-state index in [4.69, 9.17) is 16.7 Å². The number of hydrogen-bond acceptors (Lipinski definition) is 4. The Hall–Kier alpha value is -1.69. The number of halogens is 1. The Morgan fingerprint density at radius 2 is 2.05 bits per heavy atom. The zero-order valence-corrected chi connectivity index (χ0v) is 11.7. The molecule has 0 bridgehead atoms. The summed E-state index contributed by atoms with van der Waals surface area (Å²) >= 11 is 5.66. The summed E-state index contributed by atoms with van der Waals surface area (Å²) in [6.07, 6.45) is 0.346. The van der Waals surface area contributed by atoms with Crippen molar-refractivity contribution in [2.45, 2.75) is 33.2 Å². The highest BCUT2D eigenvalue weighted by Gasteiger charge is 2.22. The van der Waals surface area contributed by atoms with Crippen LogP contribution in [0.5, 0.6) is 0 Å². The summed E-state index contributed by atoms with van der Waals surface area (Å²) in [5.74, 6) is -1.49. The Morgan fingerprint density at radius 1 is 1.42 bits per heavy atom. The minimum Gasteiger partial charge on any atom is -0.480 e. The number of nitrogens with zero attached hydrogens (tertiary/aromatic N) is 2. The van der Waals surface area contributed by atoms with Crippen LogP contribution in [0.4, 0.5) is 0 Å². The predicted octanol–water partition coefficient (Wildman–Crippen LogP) is 1.67. The second kappa shape index (κ2) is 6.47. The lowest BCUT2D eigenvalue weighted by Crippen LogP contribution is -2.42. The molecule has 2 N–H and O–H groups in total. The Morgan fingerprint density at radius 3 is 2.53 bits per heavy atom. The number of carboxylic acid groups (broad SMARTS) is 1. The fourth-order valence-corrected chi connectivity index (χ4v) is 1.80. The summed E-state index contributed by atoms with van der Waals surface area (Å²) in [5.41, 5.74) is 0.605. The van der Waals surface area contributed by atoms with Gasteiger partial charge in [0.25, 0.3) is 5.91 Å². The molecule has 1 atom stereocenters. The maximum Gasteiger partial charge on any atom is 0.326 e. The fraction of sp³-hybridized carbons (Fsp3) is 0.500. The summed E-state index contributed by atoms with van der Waals surface area (Å²) in [4.78, 5) is 30.6. The zero-order valence-electron chi connectivity index (χ0n) is 11.0. The average molecular weight is 286 g/mol. The molecule has 1 heterocycles. The maximum absolute atomic E-state index is 11.9. The summed E-state index contributed by atoms with van der Waals surface area (Å²) < 4.78 is 0.